The van der Waals surface area contributed by atoms with Gasteiger partial charge >= 0.3 is 0 Å². The first-order valence-electron chi connectivity index (χ1n) is 6.17. The van der Waals surface area contributed by atoms with Gasteiger partial charge in [0, 0.05) is 25.5 Å². The van der Waals surface area contributed by atoms with Crippen molar-refractivity contribution in [3.63, 3.8) is 0 Å². The van der Waals surface area contributed by atoms with Crippen LogP contribution in [0.25, 0.3) is 0 Å². The molecule has 1 aromatic heterocycles. The molecule has 19 heavy (non-hydrogen) atoms. The molecule has 8 heteroatoms. The van der Waals surface area contributed by atoms with E-state index < -0.39 is 10.0 Å². The molecule has 0 radical (unpaired) electrons. The summed E-state index contributed by atoms with van der Waals surface area (Å²) >= 11 is 0. The summed E-state index contributed by atoms with van der Waals surface area (Å²) in [6, 6.07) is 1.51. The van der Waals surface area contributed by atoms with E-state index in [0.717, 1.165) is 13.1 Å². The Hall–Kier alpha value is -1.22. The summed E-state index contributed by atoms with van der Waals surface area (Å²) in [6.07, 6.45) is 2.75. The van der Waals surface area contributed by atoms with Crippen molar-refractivity contribution in [1.82, 2.24) is 14.6 Å². The van der Waals surface area contributed by atoms with Crippen LogP contribution in [-0.2, 0) is 10.0 Å². The third-order valence-electron chi connectivity index (χ3n) is 2.84. The second kappa shape index (κ2) is 7.39. The fraction of sp³-hybridized carbons (Fsp3) is 0.545. The molecule has 108 valence electrons. The predicted molar refractivity (Wildman–Crippen MR) is 75.0 cm³/mol. The zero-order valence-electron chi connectivity index (χ0n) is 11.3. The highest BCUT2D eigenvalue weighted by Gasteiger charge is 2.18. The van der Waals surface area contributed by atoms with Gasteiger partial charge in [0.05, 0.1) is 5.69 Å². The van der Waals surface area contributed by atoms with E-state index in [0.29, 0.717) is 18.8 Å². The molecular formula is C11H21N5O2S. The van der Waals surface area contributed by atoms with E-state index in [2.05, 4.69) is 20.0 Å². The molecule has 0 aliphatic heterocycles. The van der Waals surface area contributed by atoms with Gasteiger partial charge in [0.15, 0.2) is 0 Å². The van der Waals surface area contributed by atoms with Crippen molar-refractivity contribution in [2.45, 2.75) is 18.7 Å². The molecule has 4 N–H and O–H groups in total. The molecule has 0 bridgehead atoms. The number of rotatable bonds is 8. The largest absolute Gasteiger partial charge is 0.323 e. The summed E-state index contributed by atoms with van der Waals surface area (Å²) < 4.78 is 26.8. The van der Waals surface area contributed by atoms with Gasteiger partial charge < -0.3 is 10.3 Å². The van der Waals surface area contributed by atoms with E-state index in [1.807, 2.05) is 13.8 Å². The lowest BCUT2D eigenvalue weighted by molar-refractivity contribution is 0.309. The molecule has 0 amide bonds. The normalized spacial score (nSPS) is 11.8. The maximum Gasteiger partial charge on any atom is 0.244 e. The molecule has 0 spiro atoms. The van der Waals surface area contributed by atoms with Crippen molar-refractivity contribution in [3.05, 3.63) is 18.5 Å². The Morgan fingerprint density at radius 1 is 1.37 bits per heavy atom. The lowest BCUT2D eigenvalue weighted by Gasteiger charge is -2.18. The summed E-state index contributed by atoms with van der Waals surface area (Å²) in [5.41, 5.74) is 2.68. The van der Waals surface area contributed by atoms with Crippen molar-refractivity contribution in [3.8, 4) is 0 Å². The Kier molecular flexibility index (Phi) is 6.16. The molecule has 1 rings (SSSR count). The second-order valence-electron chi connectivity index (χ2n) is 3.94. The topological polar surface area (TPSA) is 100 Å². The van der Waals surface area contributed by atoms with Gasteiger partial charge in [-0.3, -0.25) is 10.8 Å². The van der Waals surface area contributed by atoms with Crippen molar-refractivity contribution in [1.29, 1.82) is 0 Å². The van der Waals surface area contributed by atoms with Crippen LogP contribution in [-0.4, -0.2) is 44.5 Å². The number of likely N-dealkylation sites (N-methyl/N-ethyl adjacent to an activating group) is 1. The van der Waals surface area contributed by atoms with Gasteiger partial charge in [0.25, 0.3) is 0 Å². The van der Waals surface area contributed by atoms with Crippen LogP contribution in [0.2, 0.25) is 0 Å². The van der Waals surface area contributed by atoms with Gasteiger partial charge in [0.2, 0.25) is 10.0 Å². The minimum absolute atomic E-state index is 0.0528. The fourth-order valence-corrected chi connectivity index (χ4v) is 2.80. The zero-order valence-corrected chi connectivity index (χ0v) is 12.1. The minimum atomic E-state index is -3.60. The van der Waals surface area contributed by atoms with Crippen LogP contribution in [0.3, 0.4) is 0 Å². The molecule has 0 saturated heterocycles. The summed E-state index contributed by atoms with van der Waals surface area (Å²) in [4.78, 5) is 6.00. The van der Waals surface area contributed by atoms with Gasteiger partial charge in [-0.2, -0.15) is 0 Å². The van der Waals surface area contributed by atoms with Crippen LogP contribution in [0.5, 0.6) is 0 Å². The van der Waals surface area contributed by atoms with Crippen molar-refractivity contribution < 1.29 is 8.42 Å². The highest BCUT2D eigenvalue weighted by atomic mass is 32.2. The molecule has 0 aliphatic rings. The average Bonchev–Trinajstić information content (AvgIpc) is 2.43. The third-order valence-corrected chi connectivity index (χ3v) is 4.33. The smallest absolute Gasteiger partial charge is 0.244 e. The molecule has 0 aromatic carbocycles. The molecule has 0 atom stereocenters. The van der Waals surface area contributed by atoms with E-state index in [9.17, 15) is 8.42 Å². The molecule has 0 saturated carbocycles. The van der Waals surface area contributed by atoms with Crippen molar-refractivity contribution in [2.75, 3.05) is 31.6 Å². The summed E-state index contributed by atoms with van der Waals surface area (Å²) in [5, 5.41) is 0. The molecule has 1 aromatic rings. The molecule has 1 heterocycles. The third kappa shape index (κ3) is 4.43. The Balaban J connectivity index is 2.71. The molecule has 0 aliphatic carbocycles. The quantitative estimate of drug-likeness (QED) is 0.459. The number of aromatic nitrogens is 1. The van der Waals surface area contributed by atoms with Crippen LogP contribution in [0.4, 0.5) is 5.69 Å². The first-order valence-corrected chi connectivity index (χ1v) is 7.66. The van der Waals surface area contributed by atoms with E-state index in [1.54, 1.807) is 0 Å². The van der Waals surface area contributed by atoms with E-state index >= 15 is 0 Å². The number of hydrogen-bond donors (Lipinski definition) is 3. The lowest BCUT2D eigenvalue weighted by Crippen LogP contribution is -2.35. The summed E-state index contributed by atoms with van der Waals surface area (Å²) in [7, 11) is -3.60. The number of nitrogens with one attached hydrogen (secondary N) is 2. The SMILES string of the molecule is CCN(CC)CCNS(=O)(=O)c1cnccc1NN. The number of anilines is 1. The number of sulfonamides is 1. The van der Waals surface area contributed by atoms with Crippen molar-refractivity contribution in [2.24, 2.45) is 5.84 Å². The van der Waals surface area contributed by atoms with Gasteiger partial charge in [-0.15, -0.1) is 0 Å². The number of hydrazine groups is 1. The fourth-order valence-electron chi connectivity index (χ4n) is 1.67. The molecule has 7 nitrogen and oxygen atoms in total. The van der Waals surface area contributed by atoms with E-state index in [1.165, 1.54) is 18.5 Å². The first kappa shape index (κ1) is 15.8. The van der Waals surface area contributed by atoms with Gasteiger partial charge in [-0.1, -0.05) is 13.8 Å². The first-order chi connectivity index (χ1) is 9.05. The van der Waals surface area contributed by atoms with Gasteiger partial charge in [0.1, 0.15) is 4.90 Å². The van der Waals surface area contributed by atoms with Gasteiger partial charge in [-0.05, 0) is 19.2 Å². The Morgan fingerprint density at radius 3 is 2.63 bits per heavy atom. The standard InChI is InChI=1S/C11H21N5O2S/c1-3-16(4-2)8-7-14-19(17,18)11-9-13-6-5-10(11)15-12/h5-6,9,14H,3-4,7-8,12H2,1-2H3,(H,13,15). The number of nitrogen functional groups attached to an aromatic ring is 1. The van der Waals surface area contributed by atoms with Crippen LogP contribution < -0.4 is 16.0 Å². The highest BCUT2D eigenvalue weighted by molar-refractivity contribution is 7.89. The number of hydrogen-bond acceptors (Lipinski definition) is 6. The van der Waals surface area contributed by atoms with Crippen LogP contribution >= 0.6 is 0 Å². The van der Waals surface area contributed by atoms with Gasteiger partial charge in [-0.25, -0.2) is 13.1 Å². The van der Waals surface area contributed by atoms with Crippen LogP contribution in [0, 0.1) is 0 Å². The molecular weight excluding hydrogens is 266 g/mol. The Labute approximate surface area is 114 Å². The number of nitrogens with zero attached hydrogens (tertiary/aromatic N) is 2. The zero-order chi connectivity index (χ0) is 14.3. The van der Waals surface area contributed by atoms with E-state index in [4.69, 9.17) is 5.84 Å². The predicted octanol–water partition coefficient (Wildman–Crippen LogP) is -0.0127. The second-order valence-corrected chi connectivity index (χ2v) is 5.68. The monoisotopic (exact) mass is 287 g/mol. The van der Waals surface area contributed by atoms with Crippen LogP contribution in [0.1, 0.15) is 13.8 Å². The Bertz CT molecular complexity index is 488. The number of nitrogens with two attached hydrogens (primary N) is 1. The molecule has 0 fully saturated rings. The average molecular weight is 287 g/mol. The Morgan fingerprint density at radius 2 is 2.05 bits per heavy atom. The van der Waals surface area contributed by atoms with E-state index in [-0.39, 0.29) is 4.90 Å². The summed E-state index contributed by atoms with van der Waals surface area (Å²) in [6.45, 7) is 6.87. The highest BCUT2D eigenvalue weighted by Crippen LogP contribution is 2.17. The van der Waals surface area contributed by atoms with Crippen molar-refractivity contribution >= 4 is 15.7 Å². The summed E-state index contributed by atoms with van der Waals surface area (Å²) in [5.74, 6) is 5.29. The number of pyridine rings is 1. The maximum absolute atomic E-state index is 12.1. The maximum atomic E-state index is 12.1. The minimum Gasteiger partial charge on any atom is -0.323 e. The lowest BCUT2D eigenvalue weighted by atomic mass is 10.4. The van der Waals surface area contributed by atoms with Crippen LogP contribution in [0.15, 0.2) is 23.4 Å². The molecule has 0 unspecified atom stereocenters.